The molecule has 1 unspecified atom stereocenters. The molecule has 1 atom stereocenters. The number of nitrogens with zero attached hydrogens (tertiary/aromatic N) is 1. The topological polar surface area (TPSA) is 71.1 Å². The van der Waals surface area contributed by atoms with Gasteiger partial charge in [-0.3, -0.25) is 9.59 Å². The van der Waals surface area contributed by atoms with Gasteiger partial charge in [-0.1, -0.05) is 84.1 Å². The Morgan fingerprint density at radius 1 is 0.778 bits per heavy atom. The number of aromatic nitrogens is 1. The third-order valence-electron chi connectivity index (χ3n) is 5.46. The van der Waals surface area contributed by atoms with E-state index < -0.39 is 5.25 Å². The number of nitrogens with one attached hydrogen (secondary N) is 2. The zero-order valence-corrected chi connectivity index (χ0v) is 20.9. The second kappa shape index (κ2) is 11.2. The first kappa shape index (κ1) is 23.8. The van der Waals surface area contributed by atoms with Gasteiger partial charge in [0.05, 0.1) is 16.6 Å². The van der Waals surface area contributed by atoms with E-state index in [0.29, 0.717) is 11.6 Å². The normalized spacial score (nSPS) is 11.7. The Morgan fingerprint density at radius 3 is 2.17 bits per heavy atom. The van der Waals surface area contributed by atoms with Crippen molar-refractivity contribution < 1.29 is 9.59 Å². The Bertz CT molecular complexity index is 1440. The average Bonchev–Trinajstić information content (AvgIpc) is 3.31. The molecule has 0 saturated heterocycles. The Labute approximate surface area is 217 Å². The molecular formula is C29H23N3O2S2. The number of thiazole rings is 1. The lowest BCUT2D eigenvalue weighted by molar-refractivity contribution is -0.116. The number of carbonyl (C=O) groups excluding carboxylic acids is 2. The quantitative estimate of drug-likeness (QED) is 0.222. The van der Waals surface area contributed by atoms with Gasteiger partial charge in [0, 0.05) is 10.6 Å². The van der Waals surface area contributed by atoms with E-state index in [2.05, 4.69) is 15.6 Å². The second-order valence-electron chi connectivity index (χ2n) is 8.12. The number of rotatable bonds is 8. The van der Waals surface area contributed by atoms with Crippen molar-refractivity contribution in [3.05, 3.63) is 120 Å². The first-order valence-electron chi connectivity index (χ1n) is 11.5. The van der Waals surface area contributed by atoms with E-state index >= 15 is 0 Å². The number of thioether (sulfide) groups is 1. The average molecular weight is 510 g/mol. The standard InChI is InChI=1S/C29H23N3O2S2/c33-26(19-20-9-3-1-4-10-20)30-22-15-17-23(18-16-22)35-27(21-11-5-2-6-12-21)28(34)32-29-31-24-13-7-8-14-25(24)36-29/h1-18,27H,19H2,(H,30,33)(H,31,32,34). The first-order valence-corrected chi connectivity index (χ1v) is 13.2. The molecule has 2 N–H and O–H groups in total. The molecule has 0 bridgehead atoms. The molecule has 0 aliphatic carbocycles. The van der Waals surface area contributed by atoms with Crippen LogP contribution in [0.25, 0.3) is 10.2 Å². The maximum atomic E-state index is 13.4. The van der Waals surface area contributed by atoms with Crippen molar-refractivity contribution in [2.45, 2.75) is 16.6 Å². The van der Waals surface area contributed by atoms with Gasteiger partial charge in [-0.25, -0.2) is 4.98 Å². The SMILES string of the molecule is O=C(Cc1ccccc1)Nc1ccc(SC(C(=O)Nc2nc3ccccc3s2)c2ccccc2)cc1. The minimum atomic E-state index is -0.461. The van der Waals surface area contributed by atoms with Crippen LogP contribution >= 0.6 is 23.1 Å². The van der Waals surface area contributed by atoms with Crippen molar-refractivity contribution >= 4 is 55.9 Å². The van der Waals surface area contributed by atoms with Gasteiger partial charge in [-0.05, 0) is 47.5 Å². The zero-order chi connectivity index (χ0) is 24.7. The van der Waals surface area contributed by atoms with E-state index in [9.17, 15) is 9.59 Å². The molecule has 1 aromatic heterocycles. The van der Waals surface area contributed by atoms with Crippen molar-refractivity contribution in [1.82, 2.24) is 4.98 Å². The van der Waals surface area contributed by atoms with E-state index in [0.717, 1.165) is 31.9 Å². The van der Waals surface area contributed by atoms with Gasteiger partial charge in [0.15, 0.2) is 5.13 Å². The van der Waals surface area contributed by atoms with Gasteiger partial charge in [0.25, 0.3) is 0 Å². The zero-order valence-electron chi connectivity index (χ0n) is 19.3. The van der Waals surface area contributed by atoms with Gasteiger partial charge in [-0.2, -0.15) is 0 Å². The van der Waals surface area contributed by atoms with Crippen molar-refractivity contribution in [3.63, 3.8) is 0 Å². The highest BCUT2D eigenvalue weighted by Gasteiger charge is 2.23. The number of para-hydroxylation sites is 1. The Hall–Kier alpha value is -3.94. The van der Waals surface area contributed by atoms with Crippen LogP contribution in [0, 0.1) is 0 Å². The third-order valence-corrected chi connectivity index (χ3v) is 7.68. The van der Waals surface area contributed by atoms with Crippen LogP contribution in [-0.2, 0) is 16.0 Å². The molecule has 2 amide bonds. The molecule has 36 heavy (non-hydrogen) atoms. The summed E-state index contributed by atoms with van der Waals surface area (Å²) >= 11 is 2.92. The van der Waals surface area contributed by atoms with Crippen molar-refractivity contribution in [2.75, 3.05) is 10.6 Å². The Morgan fingerprint density at radius 2 is 1.44 bits per heavy atom. The third kappa shape index (κ3) is 6.00. The minimum absolute atomic E-state index is 0.0704. The van der Waals surface area contributed by atoms with E-state index in [1.165, 1.54) is 23.1 Å². The molecule has 5 aromatic rings. The van der Waals surface area contributed by atoms with E-state index in [1.807, 2.05) is 109 Å². The summed E-state index contributed by atoms with van der Waals surface area (Å²) in [6.07, 6.45) is 0.319. The fourth-order valence-corrected chi connectivity index (χ4v) is 5.63. The first-order chi connectivity index (χ1) is 17.6. The van der Waals surface area contributed by atoms with Crippen LogP contribution in [0.2, 0.25) is 0 Å². The summed E-state index contributed by atoms with van der Waals surface area (Å²) in [6, 6.07) is 34.7. The summed E-state index contributed by atoms with van der Waals surface area (Å²) in [5, 5.41) is 6.06. The summed E-state index contributed by atoms with van der Waals surface area (Å²) in [4.78, 5) is 31.2. The van der Waals surface area contributed by atoms with Gasteiger partial charge >= 0.3 is 0 Å². The highest BCUT2D eigenvalue weighted by Crippen LogP contribution is 2.37. The fraction of sp³-hybridized carbons (Fsp3) is 0.0690. The Kier molecular flexibility index (Phi) is 7.40. The Balaban J connectivity index is 1.28. The number of fused-ring (bicyclic) bond motifs is 1. The van der Waals surface area contributed by atoms with Crippen LogP contribution in [0.3, 0.4) is 0 Å². The molecule has 178 valence electrons. The minimum Gasteiger partial charge on any atom is -0.326 e. The molecule has 1 heterocycles. The fourth-order valence-electron chi connectivity index (χ4n) is 3.74. The monoisotopic (exact) mass is 509 g/mol. The largest absolute Gasteiger partial charge is 0.326 e. The molecule has 0 radical (unpaired) electrons. The van der Waals surface area contributed by atoms with Crippen molar-refractivity contribution in [3.8, 4) is 0 Å². The van der Waals surface area contributed by atoms with Gasteiger partial charge in [0.1, 0.15) is 5.25 Å². The molecule has 7 heteroatoms. The summed E-state index contributed by atoms with van der Waals surface area (Å²) in [7, 11) is 0. The molecule has 0 aliphatic rings. The molecular weight excluding hydrogens is 486 g/mol. The smallest absolute Gasteiger partial charge is 0.244 e. The summed E-state index contributed by atoms with van der Waals surface area (Å²) in [5.74, 6) is -0.204. The van der Waals surface area contributed by atoms with Crippen LogP contribution < -0.4 is 10.6 Å². The predicted molar refractivity (Wildman–Crippen MR) is 149 cm³/mol. The predicted octanol–water partition coefficient (Wildman–Crippen LogP) is 6.95. The molecule has 5 rings (SSSR count). The van der Waals surface area contributed by atoms with Crippen LogP contribution in [0.15, 0.2) is 114 Å². The molecule has 0 spiro atoms. The van der Waals surface area contributed by atoms with Crippen LogP contribution in [0.4, 0.5) is 10.8 Å². The summed E-state index contributed by atoms with van der Waals surface area (Å²) < 4.78 is 1.03. The number of hydrogen-bond donors (Lipinski definition) is 2. The van der Waals surface area contributed by atoms with Gasteiger partial charge in [0.2, 0.25) is 11.8 Å². The lowest BCUT2D eigenvalue weighted by atomic mass is 10.1. The maximum Gasteiger partial charge on any atom is 0.244 e. The van der Waals surface area contributed by atoms with E-state index in [4.69, 9.17) is 0 Å². The molecule has 5 nitrogen and oxygen atoms in total. The van der Waals surface area contributed by atoms with Crippen molar-refractivity contribution in [2.24, 2.45) is 0 Å². The highest BCUT2D eigenvalue weighted by molar-refractivity contribution is 8.00. The maximum absolute atomic E-state index is 13.4. The number of benzene rings is 4. The van der Waals surface area contributed by atoms with E-state index in [-0.39, 0.29) is 11.8 Å². The van der Waals surface area contributed by atoms with Crippen molar-refractivity contribution in [1.29, 1.82) is 0 Å². The summed E-state index contributed by atoms with van der Waals surface area (Å²) in [5.41, 5.74) is 3.45. The number of amides is 2. The molecule has 0 aliphatic heterocycles. The lowest BCUT2D eigenvalue weighted by Crippen LogP contribution is -2.19. The van der Waals surface area contributed by atoms with Crippen LogP contribution in [0.5, 0.6) is 0 Å². The molecule has 0 saturated carbocycles. The van der Waals surface area contributed by atoms with Crippen LogP contribution in [0.1, 0.15) is 16.4 Å². The van der Waals surface area contributed by atoms with Gasteiger partial charge < -0.3 is 10.6 Å². The van der Waals surface area contributed by atoms with Crippen LogP contribution in [-0.4, -0.2) is 16.8 Å². The van der Waals surface area contributed by atoms with E-state index in [1.54, 1.807) is 0 Å². The lowest BCUT2D eigenvalue weighted by Gasteiger charge is -2.16. The number of hydrogen-bond acceptors (Lipinski definition) is 5. The number of anilines is 2. The second-order valence-corrected chi connectivity index (χ2v) is 10.3. The number of carbonyl (C=O) groups is 2. The summed E-state index contributed by atoms with van der Waals surface area (Å²) in [6.45, 7) is 0. The highest BCUT2D eigenvalue weighted by atomic mass is 32.2. The molecule has 0 fully saturated rings. The van der Waals surface area contributed by atoms with Gasteiger partial charge in [-0.15, -0.1) is 11.8 Å². The molecule has 4 aromatic carbocycles.